The molecule has 0 bridgehead atoms. The van der Waals surface area contributed by atoms with E-state index in [1.807, 2.05) is 13.0 Å². The Morgan fingerprint density at radius 3 is 2.58 bits per heavy atom. The van der Waals surface area contributed by atoms with Crippen molar-refractivity contribution in [3.05, 3.63) is 28.3 Å². The van der Waals surface area contributed by atoms with E-state index in [9.17, 15) is 0 Å². The van der Waals surface area contributed by atoms with Gasteiger partial charge in [-0.3, -0.25) is 0 Å². The van der Waals surface area contributed by atoms with Crippen molar-refractivity contribution in [2.75, 3.05) is 5.73 Å². The minimum atomic E-state index is 0.465. The van der Waals surface area contributed by atoms with E-state index in [1.54, 1.807) is 13.0 Å². The number of nitrogens with two attached hydrogens (primary N) is 1. The Hall–Kier alpha value is -1.02. The first-order valence-corrected chi connectivity index (χ1v) is 4.01. The van der Waals surface area contributed by atoms with Crippen molar-refractivity contribution in [1.29, 1.82) is 5.41 Å². The third-order valence-electron chi connectivity index (χ3n) is 1.73. The van der Waals surface area contributed by atoms with Gasteiger partial charge >= 0.3 is 0 Å². The van der Waals surface area contributed by atoms with Crippen molar-refractivity contribution in [2.45, 2.75) is 13.8 Å². The Morgan fingerprint density at radius 2 is 2.08 bits per heavy atom. The summed E-state index contributed by atoms with van der Waals surface area (Å²) in [6.07, 6.45) is 0. The smallest absolute Gasteiger partial charge is 0.0456 e. The molecule has 0 unspecified atom stereocenters. The summed E-state index contributed by atoms with van der Waals surface area (Å²) in [5, 5.41) is 8.07. The standard InChI is InChI=1S/C9H11ClN2/c1-5-3-7(6(2)11)9(12)4-8(5)10/h3-4,11H,12H2,1-2H3. The lowest BCUT2D eigenvalue weighted by Crippen LogP contribution is -2.00. The van der Waals surface area contributed by atoms with Crippen LogP contribution in [0, 0.1) is 12.3 Å². The van der Waals surface area contributed by atoms with Gasteiger partial charge < -0.3 is 11.1 Å². The highest BCUT2D eigenvalue weighted by Gasteiger charge is 2.04. The van der Waals surface area contributed by atoms with Crippen molar-refractivity contribution >= 4 is 23.0 Å². The minimum absolute atomic E-state index is 0.465. The molecule has 0 heterocycles. The topological polar surface area (TPSA) is 49.9 Å². The third kappa shape index (κ3) is 1.59. The van der Waals surface area contributed by atoms with Crippen LogP contribution < -0.4 is 5.73 Å². The second kappa shape index (κ2) is 3.15. The largest absolute Gasteiger partial charge is 0.398 e. The summed E-state index contributed by atoms with van der Waals surface area (Å²) in [5.41, 5.74) is 8.41. The number of halogens is 1. The number of benzene rings is 1. The van der Waals surface area contributed by atoms with Crippen LogP contribution in [0.15, 0.2) is 12.1 Å². The molecule has 64 valence electrons. The van der Waals surface area contributed by atoms with Gasteiger partial charge in [-0.2, -0.15) is 0 Å². The van der Waals surface area contributed by atoms with Crippen molar-refractivity contribution in [2.24, 2.45) is 0 Å². The van der Waals surface area contributed by atoms with Crippen LogP contribution in [0.5, 0.6) is 0 Å². The number of anilines is 1. The molecule has 1 rings (SSSR count). The van der Waals surface area contributed by atoms with Gasteiger partial charge in [0, 0.05) is 22.0 Å². The number of hydrogen-bond donors (Lipinski definition) is 2. The van der Waals surface area contributed by atoms with E-state index < -0.39 is 0 Å². The van der Waals surface area contributed by atoms with E-state index in [1.165, 1.54) is 0 Å². The monoisotopic (exact) mass is 182 g/mol. The summed E-state index contributed by atoms with van der Waals surface area (Å²) in [7, 11) is 0. The van der Waals surface area contributed by atoms with E-state index in [0.717, 1.165) is 11.1 Å². The summed E-state index contributed by atoms with van der Waals surface area (Å²) < 4.78 is 0. The van der Waals surface area contributed by atoms with Gasteiger partial charge in [-0.1, -0.05) is 11.6 Å². The maximum atomic E-state index is 7.42. The molecule has 1 aromatic carbocycles. The molecule has 0 aliphatic carbocycles. The normalized spacial score (nSPS) is 9.92. The average Bonchev–Trinajstić information content (AvgIpc) is 1.96. The fourth-order valence-electron chi connectivity index (χ4n) is 1.02. The van der Waals surface area contributed by atoms with Gasteiger partial charge in [-0.25, -0.2) is 0 Å². The Balaban J connectivity index is 3.33. The zero-order valence-electron chi connectivity index (χ0n) is 7.11. The lowest BCUT2D eigenvalue weighted by Gasteiger charge is -2.06. The van der Waals surface area contributed by atoms with Crippen LogP contribution in [0.2, 0.25) is 5.02 Å². The van der Waals surface area contributed by atoms with Gasteiger partial charge in [0.1, 0.15) is 0 Å². The predicted molar refractivity (Wildman–Crippen MR) is 53.1 cm³/mol. The van der Waals surface area contributed by atoms with E-state index in [2.05, 4.69) is 0 Å². The first-order chi connectivity index (χ1) is 5.52. The van der Waals surface area contributed by atoms with Gasteiger partial charge in [-0.15, -0.1) is 0 Å². The highest BCUT2D eigenvalue weighted by Crippen LogP contribution is 2.22. The van der Waals surface area contributed by atoms with Gasteiger partial charge in [-0.05, 0) is 31.5 Å². The lowest BCUT2D eigenvalue weighted by molar-refractivity contribution is 1.41. The molecule has 3 heteroatoms. The quantitative estimate of drug-likeness (QED) is 0.509. The molecule has 0 saturated heterocycles. The minimum Gasteiger partial charge on any atom is -0.398 e. The van der Waals surface area contributed by atoms with E-state index in [-0.39, 0.29) is 0 Å². The molecule has 0 saturated carbocycles. The fourth-order valence-corrected chi connectivity index (χ4v) is 1.19. The molecule has 0 aromatic heterocycles. The fraction of sp³-hybridized carbons (Fsp3) is 0.222. The van der Waals surface area contributed by atoms with Crippen LogP contribution in [-0.4, -0.2) is 5.71 Å². The molecule has 0 amide bonds. The zero-order valence-corrected chi connectivity index (χ0v) is 7.87. The van der Waals surface area contributed by atoms with Gasteiger partial charge in [0.15, 0.2) is 0 Å². The maximum Gasteiger partial charge on any atom is 0.0456 e. The molecule has 0 aliphatic heterocycles. The Kier molecular flexibility index (Phi) is 2.38. The number of nitrogen functional groups attached to an aromatic ring is 1. The Morgan fingerprint density at radius 1 is 1.50 bits per heavy atom. The highest BCUT2D eigenvalue weighted by molar-refractivity contribution is 6.31. The van der Waals surface area contributed by atoms with E-state index in [4.69, 9.17) is 22.7 Å². The number of aryl methyl sites for hydroxylation is 1. The number of rotatable bonds is 1. The van der Waals surface area contributed by atoms with Crippen molar-refractivity contribution < 1.29 is 0 Å². The number of hydrogen-bond acceptors (Lipinski definition) is 2. The van der Waals surface area contributed by atoms with Crippen LogP contribution in [0.25, 0.3) is 0 Å². The molecular weight excluding hydrogens is 172 g/mol. The van der Waals surface area contributed by atoms with Crippen LogP contribution >= 0.6 is 11.6 Å². The van der Waals surface area contributed by atoms with Crippen LogP contribution in [0.1, 0.15) is 18.1 Å². The molecular formula is C9H11ClN2. The van der Waals surface area contributed by atoms with Crippen LogP contribution in [-0.2, 0) is 0 Å². The molecule has 0 atom stereocenters. The molecule has 0 radical (unpaired) electrons. The molecule has 3 N–H and O–H groups in total. The van der Waals surface area contributed by atoms with Gasteiger partial charge in [0.25, 0.3) is 0 Å². The molecule has 1 aromatic rings. The van der Waals surface area contributed by atoms with E-state index >= 15 is 0 Å². The third-order valence-corrected chi connectivity index (χ3v) is 2.14. The first kappa shape index (κ1) is 9.07. The van der Waals surface area contributed by atoms with Gasteiger partial charge in [0.05, 0.1) is 0 Å². The van der Waals surface area contributed by atoms with Crippen molar-refractivity contribution in [3.8, 4) is 0 Å². The maximum absolute atomic E-state index is 7.42. The highest BCUT2D eigenvalue weighted by atomic mass is 35.5. The van der Waals surface area contributed by atoms with Crippen molar-refractivity contribution in [3.63, 3.8) is 0 Å². The lowest BCUT2D eigenvalue weighted by atomic mass is 10.1. The predicted octanol–water partition coefficient (Wildman–Crippen LogP) is 2.62. The first-order valence-electron chi connectivity index (χ1n) is 3.63. The molecule has 12 heavy (non-hydrogen) atoms. The summed E-state index contributed by atoms with van der Waals surface area (Å²) >= 11 is 5.84. The second-order valence-electron chi connectivity index (χ2n) is 2.81. The summed E-state index contributed by atoms with van der Waals surface area (Å²) in [5.74, 6) is 0. The molecule has 0 spiro atoms. The Labute approximate surface area is 76.9 Å². The number of nitrogens with one attached hydrogen (secondary N) is 1. The van der Waals surface area contributed by atoms with Crippen LogP contribution in [0.4, 0.5) is 5.69 Å². The molecule has 0 fully saturated rings. The SMILES string of the molecule is CC(=N)c1cc(C)c(Cl)cc1N. The van der Waals surface area contributed by atoms with Crippen LogP contribution in [0.3, 0.4) is 0 Å². The van der Waals surface area contributed by atoms with E-state index in [0.29, 0.717) is 16.4 Å². The average molecular weight is 183 g/mol. The molecule has 0 aliphatic rings. The Bertz CT molecular complexity index is 332. The van der Waals surface area contributed by atoms with Gasteiger partial charge in [0.2, 0.25) is 0 Å². The zero-order chi connectivity index (χ0) is 9.30. The molecule has 2 nitrogen and oxygen atoms in total. The summed E-state index contributed by atoms with van der Waals surface area (Å²) in [4.78, 5) is 0. The second-order valence-corrected chi connectivity index (χ2v) is 3.22. The summed E-state index contributed by atoms with van der Waals surface area (Å²) in [6, 6.07) is 3.52. The van der Waals surface area contributed by atoms with Crippen molar-refractivity contribution in [1.82, 2.24) is 0 Å². The summed E-state index contributed by atoms with van der Waals surface area (Å²) in [6.45, 7) is 3.60.